The van der Waals surface area contributed by atoms with Crippen LogP contribution in [0.1, 0.15) is 54.3 Å². The maximum atomic E-state index is 13.8. The molecule has 1 N–H and O–H groups in total. The van der Waals surface area contributed by atoms with Gasteiger partial charge in [-0.2, -0.15) is 0 Å². The number of amides is 2. The molecule has 182 valence electrons. The number of rotatable bonds is 6. The Morgan fingerprint density at radius 1 is 0.943 bits per heavy atom. The first-order valence-electron chi connectivity index (χ1n) is 11.9. The van der Waals surface area contributed by atoms with Crippen LogP contribution in [0.3, 0.4) is 0 Å². The van der Waals surface area contributed by atoms with Crippen LogP contribution in [0.25, 0.3) is 0 Å². The van der Waals surface area contributed by atoms with Crippen molar-refractivity contribution in [1.29, 1.82) is 0 Å². The fourth-order valence-corrected chi connectivity index (χ4v) is 4.67. The first-order chi connectivity index (χ1) is 17.1. The number of fused-ring (bicyclic) bond motifs is 1. The van der Waals surface area contributed by atoms with Crippen LogP contribution in [0.2, 0.25) is 0 Å². The second-order valence-electron chi connectivity index (χ2n) is 8.78. The number of benzene rings is 2. The highest BCUT2D eigenvalue weighted by molar-refractivity contribution is 6.08. The molecule has 0 radical (unpaired) electrons. The van der Waals surface area contributed by atoms with Crippen LogP contribution in [0.5, 0.6) is 11.5 Å². The smallest absolute Gasteiger partial charge is 0.294 e. The normalized spacial score (nSPS) is 16.4. The lowest BCUT2D eigenvalue weighted by atomic mass is 9.94. The number of nitrogens with one attached hydrogen (secondary N) is 1. The van der Waals surface area contributed by atoms with Crippen LogP contribution in [0.15, 0.2) is 65.3 Å². The first-order valence-corrected chi connectivity index (χ1v) is 11.9. The van der Waals surface area contributed by atoms with Crippen LogP contribution in [0, 0.1) is 5.82 Å². The molecule has 5 rings (SSSR count). The molecule has 3 aromatic rings. The molecule has 0 unspecified atom stereocenters. The summed E-state index contributed by atoms with van der Waals surface area (Å²) in [6.45, 7) is 0.815. The molecule has 1 atom stereocenters. The van der Waals surface area contributed by atoms with E-state index in [2.05, 4.69) is 5.32 Å². The van der Waals surface area contributed by atoms with Crippen molar-refractivity contribution >= 4 is 17.5 Å². The van der Waals surface area contributed by atoms with Gasteiger partial charge in [0.2, 0.25) is 5.91 Å². The van der Waals surface area contributed by atoms with Gasteiger partial charge in [-0.25, -0.2) is 4.39 Å². The van der Waals surface area contributed by atoms with E-state index in [0.717, 1.165) is 32.1 Å². The zero-order chi connectivity index (χ0) is 24.2. The number of anilines is 1. The predicted octanol–water partition coefficient (Wildman–Crippen LogP) is 5.03. The van der Waals surface area contributed by atoms with Gasteiger partial charge in [0.05, 0.1) is 6.26 Å². The summed E-state index contributed by atoms with van der Waals surface area (Å²) in [6.07, 6.45) is 6.42. The van der Waals surface area contributed by atoms with Crippen molar-refractivity contribution in [2.24, 2.45) is 0 Å². The summed E-state index contributed by atoms with van der Waals surface area (Å²) >= 11 is 0. The molecule has 0 bridgehead atoms. The van der Waals surface area contributed by atoms with Crippen LogP contribution in [-0.4, -0.2) is 31.1 Å². The van der Waals surface area contributed by atoms with E-state index in [1.807, 2.05) is 0 Å². The lowest BCUT2D eigenvalue weighted by Gasteiger charge is -2.33. The second kappa shape index (κ2) is 10.2. The third-order valence-electron chi connectivity index (χ3n) is 6.40. The van der Waals surface area contributed by atoms with Crippen molar-refractivity contribution in [2.75, 3.05) is 18.1 Å². The summed E-state index contributed by atoms with van der Waals surface area (Å²) in [4.78, 5) is 28.9. The van der Waals surface area contributed by atoms with E-state index in [9.17, 15) is 14.0 Å². The van der Waals surface area contributed by atoms with E-state index in [1.165, 1.54) is 35.4 Å². The van der Waals surface area contributed by atoms with Gasteiger partial charge in [0.15, 0.2) is 17.3 Å². The maximum absolute atomic E-state index is 13.8. The summed E-state index contributed by atoms with van der Waals surface area (Å²) in [7, 11) is 0. The Labute approximate surface area is 202 Å². The third kappa shape index (κ3) is 5.01. The number of furan rings is 1. The molecule has 2 aliphatic rings. The standard InChI is InChI=1S/C27H27FN2O5/c28-19-10-8-18(9-11-19)25(26(31)29-20-5-2-1-3-6-20)30(27(32)23-7-4-14-33-23)21-12-13-22-24(17-21)35-16-15-34-22/h4,7-14,17,20,25H,1-3,5-6,15-16H2,(H,29,31)/t25-/m1/s1. The van der Waals surface area contributed by atoms with E-state index < -0.39 is 17.8 Å². The van der Waals surface area contributed by atoms with Gasteiger partial charge in [-0.05, 0) is 54.8 Å². The van der Waals surface area contributed by atoms with Gasteiger partial charge in [0.1, 0.15) is 25.1 Å². The average Bonchev–Trinajstić information content (AvgIpc) is 3.43. The average molecular weight is 479 g/mol. The summed E-state index contributed by atoms with van der Waals surface area (Å²) in [6, 6.07) is 12.9. The Hall–Kier alpha value is -3.81. The minimum absolute atomic E-state index is 0.0278. The quantitative estimate of drug-likeness (QED) is 0.538. The Morgan fingerprint density at radius 2 is 1.69 bits per heavy atom. The van der Waals surface area contributed by atoms with Gasteiger partial charge >= 0.3 is 0 Å². The zero-order valence-electron chi connectivity index (χ0n) is 19.2. The van der Waals surface area contributed by atoms with Crippen LogP contribution < -0.4 is 19.7 Å². The van der Waals surface area contributed by atoms with Crippen molar-refractivity contribution in [3.05, 3.63) is 78.0 Å². The van der Waals surface area contributed by atoms with Gasteiger partial charge in [0, 0.05) is 17.8 Å². The highest BCUT2D eigenvalue weighted by Crippen LogP contribution is 2.38. The number of carbonyl (C=O) groups is 2. The molecule has 2 amide bonds. The molecule has 1 aliphatic heterocycles. The number of hydrogen-bond donors (Lipinski definition) is 1. The predicted molar refractivity (Wildman–Crippen MR) is 127 cm³/mol. The molecule has 1 saturated carbocycles. The fourth-order valence-electron chi connectivity index (χ4n) is 4.67. The van der Waals surface area contributed by atoms with Gasteiger partial charge in [-0.1, -0.05) is 31.4 Å². The topological polar surface area (TPSA) is 81.0 Å². The zero-order valence-corrected chi connectivity index (χ0v) is 19.2. The van der Waals surface area contributed by atoms with E-state index in [1.54, 1.807) is 30.3 Å². The minimum Gasteiger partial charge on any atom is -0.486 e. The highest BCUT2D eigenvalue weighted by atomic mass is 19.1. The molecule has 0 saturated heterocycles. The van der Waals surface area contributed by atoms with Crippen LogP contribution >= 0.6 is 0 Å². The van der Waals surface area contributed by atoms with Crippen molar-refractivity contribution in [3.63, 3.8) is 0 Å². The third-order valence-corrected chi connectivity index (χ3v) is 6.40. The fraction of sp³-hybridized carbons (Fsp3) is 0.333. The largest absolute Gasteiger partial charge is 0.486 e. The summed E-state index contributed by atoms with van der Waals surface area (Å²) in [5.74, 6) is -0.133. The molecular weight excluding hydrogens is 451 g/mol. The van der Waals surface area contributed by atoms with Crippen molar-refractivity contribution in [1.82, 2.24) is 5.32 Å². The molecule has 7 nitrogen and oxygen atoms in total. The summed E-state index contributed by atoms with van der Waals surface area (Å²) < 4.78 is 30.6. The highest BCUT2D eigenvalue weighted by Gasteiger charge is 2.36. The van der Waals surface area contributed by atoms with Crippen molar-refractivity contribution < 1.29 is 27.9 Å². The molecule has 8 heteroatoms. The molecular formula is C27H27FN2O5. The molecule has 2 heterocycles. The lowest BCUT2D eigenvalue weighted by molar-refractivity contribution is -0.123. The van der Waals surface area contributed by atoms with Gasteiger partial charge in [-0.15, -0.1) is 0 Å². The number of nitrogens with zero attached hydrogens (tertiary/aromatic N) is 1. The SMILES string of the molecule is O=C(NC1CCCCC1)[C@@H](c1ccc(F)cc1)N(C(=O)c1ccco1)c1ccc2c(c1)OCCO2. The molecule has 1 fully saturated rings. The monoisotopic (exact) mass is 478 g/mol. The Kier molecular flexibility index (Phi) is 6.70. The number of hydrogen-bond acceptors (Lipinski definition) is 5. The van der Waals surface area contributed by atoms with E-state index in [0.29, 0.717) is 36.0 Å². The van der Waals surface area contributed by atoms with Crippen molar-refractivity contribution in [2.45, 2.75) is 44.2 Å². The molecule has 1 aliphatic carbocycles. The Bertz CT molecular complexity index is 1170. The molecule has 35 heavy (non-hydrogen) atoms. The van der Waals surface area contributed by atoms with Gasteiger partial charge in [-0.3, -0.25) is 14.5 Å². The molecule has 2 aromatic carbocycles. The number of halogens is 1. The minimum atomic E-state index is -1.06. The summed E-state index contributed by atoms with van der Waals surface area (Å²) in [5.41, 5.74) is 0.915. The molecule has 1 aromatic heterocycles. The molecule has 0 spiro atoms. The van der Waals surface area contributed by atoms with Crippen molar-refractivity contribution in [3.8, 4) is 11.5 Å². The number of ether oxygens (including phenoxy) is 2. The second-order valence-corrected chi connectivity index (χ2v) is 8.78. The van der Waals surface area contributed by atoms with Gasteiger partial charge in [0.25, 0.3) is 5.91 Å². The first kappa shape index (κ1) is 23.0. The van der Waals surface area contributed by atoms with Crippen LogP contribution in [-0.2, 0) is 4.79 Å². The van der Waals surface area contributed by atoms with Gasteiger partial charge < -0.3 is 19.2 Å². The van der Waals surface area contributed by atoms with Crippen LogP contribution in [0.4, 0.5) is 10.1 Å². The maximum Gasteiger partial charge on any atom is 0.294 e. The van der Waals surface area contributed by atoms with E-state index in [4.69, 9.17) is 13.9 Å². The summed E-state index contributed by atoms with van der Waals surface area (Å²) in [5, 5.41) is 3.13. The number of carbonyl (C=O) groups excluding carboxylic acids is 2. The lowest BCUT2D eigenvalue weighted by Crippen LogP contribution is -2.47. The Morgan fingerprint density at radius 3 is 2.40 bits per heavy atom. The van der Waals surface area contributed by atoms with E-state index in [-0.39, 0.29) is 17.7 Å². The Balaban J connectivity index is 1.59. The van der Waals surface area contributed by atoms with E-state index >= 15 is 0 Å².